The fourth-order valence-corrected chi connectivity index (χ4v) is 2.95. The van der Waals surface area contributed by atoms with Crippen LogP contribution < -0.4 is 5.32 Å². The molecule has 1 fully saturated rings. The normalized spacial score (nSPS) is 14.4. The van der Waals surface area contributed by atoms with Crippen LogP contribution in [-0.2, 0) is 4.79 Å². The summed E-state index contributed by atoms with van der Waals surface area (Å²) in [6.07, 6.45) is 3.89. The van der Waals surface area contributed by atoms with Gasteiger partial charge in [0.2, 0.25) is 6.41 Å². The standard InChI is InChI=1S/C19H23N5O2/c1-14(2)15-5-3-4-6-16(15)22-18-12-20-17(11-21-18)19(26)24-9-7-23(13-25)8-10-24/h3-6,11-14H,7-10H2,1-2H3,(H,21,22). The quantitative estimate of drug-likeness (QED) is 0.834. The number of anilines is 2. The first kappa shape index (κ1) is 17.8. The van der Waals surface area contributed by atoms with Crippen molar-refractivity contribution in [3.05, 3.63) is 47.9 Å². The van der Waals surface area contributed by atoms with E-state index in [0.29, 0.717) is 43.6 Å². The van der Waals surface area contributed by atoms with Gasteiger partial charge in [-0.1, -0.05) is 32.0 Å². The first-order chi connectivity index (χ1) is 12.6. The summed E-state index contributed by atoms with van der Waals surface area (Å²) in [5, 5.41) is 3.27. The Morgan fingerprint density at radius 1 is 1.12 bits per heavy atom. The minimum absolute atomic E-state index is 0.155. The predicted octanol–water partition coefficient (Wildman–Crippen LogP) is 2.26. The van der Waals surface area contributed by atoms with Crippen LogP contribution in [0.5, 0.6) is 0 Å². The highest BCUT2D eigenvalue weighted by molar-refractivity contribution is 5.92. The Morgan fingerprint density at radius 3 is 2.46 bits per heavy atom. The Hall–Kier alpha value is -2.96. The maximum atomic E-state index is 12.5. The summed E-state index contributed by atoms with van der Waals surface area (Å²) in [5.74, 6) is 0.829. The third-order valence-corrected chi connectivity index (χ3v) is 4.47. The lowest BCUT2D eigenvalue weighted by Crippen LogP contribution is -2.48. The molecular weight excluding hydrogens is 330 g/mol. The first-order valence-corrected chi connectivity index (χ1v) is 8.75. The SMILES string of the molecule is CC(C)c1ccccc1Nc1cnc(C(=O)N2CCN(C=O)CC2)cn1. The second-order valence-electron chi connectivity index (χ2n) is 6.59. The minimum atomic E-state index is -0.155. The van der Waals surface area contributed by atoms with Gasteiger partial charge in [-0.3, -0.25) is 9.59 Å². The molecule has 7 heteroatoms. The van der Waals surface area contributed by atoms with Gasteiger partial charge in [-0.25, -0.2) is 9.97 Å². The lowest BCUT2D eigenvalue weighted by atomic mass is 10.0. The summed E-state index contributed by atoms with van der Waals surface area (Å²) in [6.45, 7) is 6.40. The minimum Gasteiger partial charge on any atom is -0.342 e. The van der Waals surface area contributed by atoms with Gasteiger partial charge in [0.15, 0.2) is 0 Å². The summed E-state index contributed by atoms with van der Waals surface area (Å²) >= 11 is 0. The predicted molar refractivity (Wildman–Crippen MR) is 99.4 cm³/mol. The van der Waals surface area contributed by atoms with Crippen molar-refractivity contribution in [2.75, 3.05) is 31.5 Å². The van der Waals surface area contributed by atoms with Gasteiger partial charge in [-0.05, 0) is 17.5 Å². The lowest BCUT2D eigenvalue weighted by molar-refractivity contribution is -0.119. The highest BCUT2D eigenvalue weighted by Crippen LogP contribution is 2.25. The second-order valence-corrected chi connectivity index (χ2v) is 6.59. The molecule has 1 aromatic heterocycles. The van der Waals surface area contributed by atoms with Crippen LogP contribution in [0.25, 0.3) is 0 Å². The highest BCUT2D eigenvalue weighted by atomic mass is 16.2. The average molecular weight is 353 g/mol. The molecule has 2 heterocycles. The molecule has 1 aliphatic rings. The number of carbonyl (C=O) groups is 2. The Kier molecular flexibility index (Phi) is 5.46. The Balaban J connectivity index is 1.67. The Morgan fingerprint density at radius 2 is 1.85 bits per heavy atom. The zero-order valence-electron chi connectivity index (χ0n) is 15.1. The van der Waals surface area contributed by atoms with E-state index in [4.69, 9.17) is 0 Å². The highest BCUT2D eigenvalue weighted by Gasteiger charge is 2.22. The fraction of sp³-hybridized carbons (Fsp3) is 0.368. The summed E-state index contributed by atoms with van der Waals surface area (Å²) in [4.78, 5) is 35.2. The van der Waals surface area contributed by atoms with E-state index in [1.54, 1.807) is 16.0 Å². The molecule has 0 unspecified atom stereocenters. The molecule has 1 aromatic carbocycles. The van der Waals surface area contributed by atoms with Crippen LogP contribution in [0, 0.1) is 0 Å². The summed E-state index contributed by atoms with van der Waals surface area (Å²) < 4.78 is 0. The molecule has 2 amide bonds. The van der Waals surface area contributed by atoms with E-state index in [1.807, 2.05) is 18.2 Å². The van der Waals surface area contributed by atoms with Crippen LogP contribution in [0.4, 0.5) is 11.5 Å². The van der Waals surface area contributed by atoms with Crippen LogP contribution in [0.1, 0.15) is 35.8 Å². The number of benzene rings is 1. The topological polar surface area (TPSA) is 78.4 Å². The molecule has 1 aliphatic heterocycles. The zero-order valence-corrected chi connectivity index (χ0v) is 15.1. The molecule has 0 radical (unpaired) electrons. The van der Waals surface area contributed by atoms with E-state index in [-0.39, 0.29) is 5.91 Å². The second kappa shape index (κ2) is 7.95. The number of para-hydroxylation sites is 1. The number of nitrogens with zero attached hydrogens (tertiary/aromatic N) is 4. The molecule has 3 rings (SSSR count). The van der Waals surface area contributed by atoms with Crippen LogP contribution >= 0.6 is 0 Å². The summed E-state index contributed by atoms with van der Waals surface area (Å²) in [5.41, 5.74) is 2.50. The van der Waals surface area contributed by atoms with Gasteiger partial charge in [0.05, 0.1) is 12.4 Å². The number of nitrogens with one attached hydrogen (secondary N) is 1. The molecule has 0 atom stereocenters. The van der Waals surface area contributed by atoms with E-state index in [0.717, 1.165) is 12.1 Å². The number of aromatic nitrogens is 2. The fourth-order valence-electron chi connectivity index (χ4n) is 2.95. The van der Waals surface area contributed by atoms with Crippen molar-refractivity contribution in [1.29, 1.82) is 0 Å². The molecule has 1 saturated heterocycles. The van der Waals surface area contributed by atoms with Crippen LogP contribution in [0.2, 0.25) is 0 Å². The van der Waals surface area contributed by atoms with Crippen LogP contribution in [0.3, 0.4) is 0 Å². The smallest absolute Gasteiger partial charge is 0.274 e. The molecule has 26 heavy (non-hydrogen) atoms. The largest absolute Gasteiger partial charge is 0.342 e. The Bertz CT molecular complexity index is 768. The molecule has 136 valence electrons. The van der Waals surface area contributed by atoms with Gasteiger partial charge >= 0.3 is 0 Å². The van der Waals surface area contributed by atoms with Crippen LogP contribution in [-0.4, -0.2) is 58.3 Å². The van der Waals surface area contributed by atoms with E-state index in [9.17, 15) is 9.59 Å². The molecule has 0 spiro atoms. The van der Waals surface area contributed by atoms with Gasteiger partial charge in [0.1, 0.15) is 11.5 Å². The van der Waals surface area contributed by atoms with Crippen molar-refractivity contribution in [3.63, 3.8) is 0 Å². The van der Waals surface area contributed by atoms with Gasteiger partial charge in [0, 0.05) is 31.9 Å². The van der Waals surface area contributed by atoms with Gasteiger partial charge < -0.3 is 15.1 Å². The molecule has 0 bridgehead atoms. The van der Waals surface area contributed by atoms with Crippen molar-refractivity contribution in [1.82, 2.24) is 19.8 Å². The average Bonchev–Trinajstić information content (AvgIpc) is 2.68. The molecule has 1 N–H and O–H groups in total. The summed E-state index contributed by atoms with van der Waals surface area (Å²) in [7, 11) is 0. The van der Waals surface area contributed by atoms with Gasteiger partial charge in [-0.2, -0.15) is 0 Å². The lowest BCUT2D eigenvalue weighted by Gasteiger charge is -2.32. The van der Waals surface area contributed by atoms with Crippen molar-refractivity contribution in [2.45, 2.75) is 19.8 Å². The molecular formula is C19H23N5O2. The van der Waals surface area contributed by atoms with Crippen molar-refractivity contribution >= 4 is 23.8 Å². The molecule has 2 aromatic rings. The zero-order chi connectivity index (χ0) is 18.5. The van der Waals surface area contributed by atoms with Gasteiger partial charge in [-0.15, -0.1) is 0 Å². The van der Waals surface area contributed by atoms with Crippen molar-refractivity contribution < 1.29 is 9.59 Å². The van der Waals surface area contributed by atoms with E-state index < -0.39 is 0 Å². The van der Waals surface area contributed by atoms with E-state index in [2.05, 4.69) is 35.2 Å². The first-order valence-electron chi connectivity index (χ1n) is 8.75. The number of amides is 2. The molecule has 7 nitrogen and oxygen atoms in total. The van der Waals surface area contributed by atoms with Crippen molar-refractivity contribution in [3.8, 4) is 0 Å². The molecule has 0 aliphatic carbocycles. The summed E-state index contributed by atoms with van der Waals surface area (Å²) in [6, 6.07) is 8.07. The third kappa shape index (κ3) is 3.99. The number of hydrogen-bond donors (Lipinski definition) is 1. The van der Waals surface area contributed by atoms with E-state index >= 15 is 0 Å². The monoisotopic (exact) mass is 353 g/mol. The Labute approximate surface area is 153 Å². The third-order valence-electron chi connectivity index (χ3n) is 4.47. The van der Waals surface area contributed by atoms with Crippen LogP contribution in [0.15, 0.2) is 36.7 Å². The van der Waals surface area contributed by atoms with E-state index in [1.165, 1.54) is 11.8 Å². The number of piperazine rings is 1. The number of hydrogen-bond acceptors (Lipinski definition) is 5. The number of carbonyl (C=O) groups excluding carboxylic acids is 2. The molecule has 0 saturated carbocycles. The van der Waals surface area contributed by atoms with Gasteiger partial charge in [0.25, 0.3) is 5.91 Å². The maximum absolute atomic E-state index is 12.5. The van der Waals surface area contributed by atoms with Crippen molar-refractivity contribution in [2.24, 2.45) is 0 Å². The maximum Gasteiger partial charge on any atom is 0.274 e. The number of rotatable bonds is 5.